The fourth-order valence-electron chi connectivity index (χ4n) is 2.96. The lowest BCUT2D eigenvalue weighted by Crippen LogP contribution is -2.34. The molecule has 0 aliphatic carbocycles. The van der Waals surface area contributed by atoms with Crippen LogP contribution in [0.2, 0.25) is 10.0 Å². The Kier molecular flexibility index (Phi) is 10.5. The summed E-state index contributed by atoms with van der Waals surface area (Å²) in [5.74, 6) is -0.498. The number of carbonyl (C=O) groups is 3. The molecule has 37 heavy (non-hydrogen) atoms. The molecule has 0 radical (unpaired) electrons. The fourth-order valence-corrected chi connectivity index (χ4v) is 3.44. The van der Waals surface area contributed by atoms with Gasteiger partial charge in [-0.15, -0.1) is 0 Å². The molecule has 0 saturated heterocycles. The van der Waals surface area contributed by atoms with Crippen molar-refractivity contribution in [3.05, 3.63) is 93.5 Å². The number of hydrazone groups is 1. The number of rotatable bonds is 11. The molecular formula is C27H25Cl2N3O5. The van der Waals surface area contributed by atoms with Gasteiger partial charge in [0.15, 0.2) is 0 Å². The number of amides is 2. The maximum Gasteiger partial charge on any atom is 0.345 e. The molecular weight excluding hydrogens is 517 g/mol. The van der Waals surface area contributed by atoms with Crippen LogP contribution in [0.5, 0.6) is 11.5 Å². The molecule has 3 aromatic rings. The van der Waals surface area contributed by atoms with E-state index in [1.54, 1.807) is 54.6 Å². The molecule has 0 spiro atoms. The first kappa shape index (κ1) is 27.7. The third-order valence-electron chi connectivity index (χ3n) is 4.94. The molecule has 8 nitrogen and oxygen atoms in total. The Morgan fingerprint density at radius 3 is 2.32 bits per heavy atom. The van der Waals surface area contributed by atoms with Crippen LogP contribution in [0.15, 0.2) is 71.8 Å². The Morgan fingerprint density at radius 1 is 0.946 bits per heavy atom. The summed E-state index contributed by atoms with van der Waals surface area (Å²) in [5.41, 5.74) is 3.60. The number of carbonyl (C=O) groups excluding carboxylic acids is 3. The van der Waals surface area contributed by atoms with Gasteiger partial charge in [0.25, 0.3) is 11.8 Å². The van der Waals surface area contributed by atoms with Gasteiger partial charge in [-0.05, 0) is 78.7 Å². The monoisotopic (exact) mass is 541 g/mol. The zero-order valence-corrected chi connectivity index (χ0v) is 21.5. The van der Waals surface area contributed by atoms with Crippen molar-refractivity contribution in [1.82, 2.24) is 10.7 Å². The first-order valence-corrected chi connectivity index (χ1v) is 12.2. The van der Waals surface area contributed by atoms with E-state index in [9.17, 15) is 14.4 Å². The van der Waals surface area contributed by atoms with E-state index in [1.807, 2.05) is 0 Å². The van der Waals surface area contributed by atoms with Crippen molar-refractivity contribution in [3.63, 3.8) is 0 Å². The molecule has 192 valence electrons. The molecule has 2 amide bonds. The van der Waals surface area contributed by atoms with Crippen LogP contribution < -0.4 is 20.2 Å². The molecule has 0 saturated carbocycles. The van der Waals surface area contributed by atoms with Gasteiger partial charge in [0.2, 0.25) is 0 Å². The normalized spacial score (nSPS) is 10.7. The van der Waals surface area contributed by atoms with Crippen molar-refractivity contribution in [2.75, 3.05) is 13.2 Å². The molecule has 0 atom stereocenters. The molecule has 0 aliphatic heterocycles. The molecule has 2 N–H and O–H groups in total. The molecule has 0 bridgehead atoms. The van der Waals surface area contributed by atoms with Gasteiger partial charge in [-0.3, -0.25) is 9.59 Å². The van der Waals surface area contributed by atoms with Crippen LogP contribution in [0, 0.1) is 0 Å². The van der Waals surface area contributed by atoms with Crippen molar-refractivity contribution in [1.29, 1.82) is 0 Å². The summed E-state index contributed by atoms with van der Waals surface area (Å²) >= 11 is 11.9. The Balaban J connectivity index is 1.42. The smallest absolute Gasteiger partial charge is 0.345 e. The molecule has 0 heterocycles. The van der Waals surface area contributed by atoms with Gasteiger partial charge in [-0.1, -0.05) is 36.5 Å². The largest absolute Gasteiger partial charge is 0.494 e. The first-order chi connectivity index (χ1) is 17.9. The number of ether oxygens (including phenoxy) is 2. The third kappa shape index (κ3) is 8.93. The van der Waals surface area contributed by atoms with E-state index >= 15 is 0 Å². The van der Waals surface area contributed by atoms with Crippen molar-refractivity contribution < 1.29 is 23.9 Å². The maximum atomic E-state index is 12.3. The predicted molar refractivity (Wildman–Crippen MR) is 143 cm³/mol. The Morgan fingerprint density at radius 2 is 1.65 bits per heavy atom. The second kappa shape index (κ2) is 14.0. The van der Waals surface area contributed by atoms with Gasteiger partial charge in [0.05, 0.1) is 30.0 Å². The summed E-state index contributed by atoms with van der Waals surface area (Å²) in [4.78, 5) is 36.5. The molecule has 3 aromatic carbocycles. The number of hydrogen-bond donors (Lipinski definition) is 2. The van der Waals surface area contributed by atoms with E-state index in [0.717, 1.165) is 12.8 Å². The minimum absolute atomic E-state index is 0.193. The van der Waals surface area contributed by atoms with Crippen molar-refractivity contribution >= 4 is 47.2 Å². The number of esters is 1. The average Bonchev–Trinajstić information content (AvgIpc) is 2.89. The van der Waals surface area contributed by atoms with Crippen LogP contribution >= 0.6 is 23.2 Å². The van der Waals surface area contributed by atoms with Gasteiger partial charge in [0, 0.05) is 10.6 Å². The van der Waals surface area contributed by atoms with Crippen LogP contribution in [0.25, 0.3) is 0 Å². The Hall–Kier alpha value is -3.88. The summed E-state index contributed by atoms with van der Waals surface area (Å²) in [5, 5.41) is 7.01. The fraction of sp³-hybridized carbons (Fsp3) is 0.185. The van der Waals surface area contributed by atoms with Gasteiger partial charge >= 0.3 is 5.97 Å². The molecule has 0 unspecified atom stereocenters. The summed E-state index contributed by atoms with van der Waals surface area (Å²) in [6.07, 6.45) is 3.41. The van der Waals surface area contributed by atoms with E-state index in [4.69, 9.17) is 32.7 Å². The number of unbranched alkanes of at least 4 members (excludes halogenated alkanes) is 1. The maximum absolute atomic E-state index is 12.3. The van der Waals surface area contributed by atoms with E-state index < -0.39 is 11.9 Å². The van der Waals surface area contributed by atoms with Crippen molar-refractivity contribution in [3.8, 4) is 11.5 Å². The molecule has 0 aromatic heterocycles. The SMILES string of the molecule is CCCCOc1ccc(C(=O)NCC(=O)N/N=C\c2ccc(OC(=O)c3ccc(Cl)cc3Cl)cc2)cc1. The predicted octanol–water partition coefficient (Wildman–Crippen LogP) is 5.27. The Bertz CT molecular complexity index is 1260. The number of nitrogens with zero attached hydrogens (tertiary/aromatic N) is 1. The lowest BCUT2D eigenvalue weighted by molar-refractivity contribution is -0.120. The number of nitrogens with one attached hydrogen (secondary N) is 2. The number of benzene rings is 3. The zero-order valence-electron chi connectivity index (χ0n) is 20.0. The highest BCUT2D eigenvalue weighted by Crippen LogP contribution is 2.23. The second-order valence-corrected chi connectivity index (χ2v) is 8.63. The zero-order chi connectivity index (χ0) is 26.6. The molecule has 0 aliphatic rings. The van der Waals surface area contributed by atoms with E-state index in [-0.39, 0.29) is 23.0 Å². The third-order valence-corrected chi connectivity index (χ3v) is 5.48. The van der Waals surface area contributed by atoms with Crippen molar-refractivity contribution in [2.24, 2.45) is 5.10 Å². The lowest BCUT2D eigenvalue weighted by Gasteiger charge is -2.07. The highest BCUT2D eigenvalue weighted by molar-refractivity contribution is 6.36. The minimum atomic E-state index is -0.617. The van der Waals surface area contributed by atoms with Crippen LogP contribution in [0.1, 0.15) is 46.0 Å². The van der Waals surface area contributed by atoms with Crippen LogP contribution in [0.4, 0.5) is 0 Å². The van der Waals surface area contributed by atoms with Crippen LogP contribution in [-0.4, -0.2) is 37.1 Å². The van der Waals surface area contributed by atoms with Gasteiger partial charge < -0.3 is 14.8 Å². The second-order valence-electron chi connectivity index (χ2n) is 7.78. The molecule has 10 heteroatoms. The molecule has 3 rings (SSSR count). The topological polar surface area (TPSA) is 106 Å². The van der Waals surface area contributed by atoms with E-state index in [0.29, 0.717) is 34.3 Å². The number of hydrogen-bond acceptors (Lipinski definition) is 6. The highest BCUT2D eigenvalue weighted by Gasteiger charge is 2.13. The summed E-state index contributed by atoms with van der Waals surface area (Å²) in [6.45, 7) is 2.46. The summed E-state index contributed by atoms with van der Waals surface area (Å²) < 4.78 is 10.9. The first-order valence-electron chi connectivity index (χ1n) is 11.5. The summed E-state index contributed by atoms with van der Waals surface area (Å²) in [6, 6.07) is 17.7. The van der Waals surface area contributed by atoms with Crippen LogP contribution in [0.3, 0.4) is 0 Å². The highest BCUT2D eigenvalue weighted by atomic mass is 35.5. The standard InChI is InChI=1S/C27H25Cl2N3O5/c1-2-3-14-36-21-11-6-19(7-12-21)26(34)30-17-25(33)32-31-16-18-4-9-22(10-5-18)37-27(35)23-13-8-20(28)15-24(23)29/h4-13,15-16H,2-3,14,17H2,1H3,(H,30,34)(H,32,33)/b31-16-. The van der Waals surface area contributed by atoms with Crippen LogP contribution in [-0.2, 0) is 4.79 Å². The van der Waals surface area contributed by atoms with Gasteiger partial charge in [0.1, 0.15) is 11.5 Å². The van der Waals surface area contributed by atoms with Gasteiger partial charge in [-0.2, -0.15) is 5.10 Å². The summed E-state index contributed by atoms with van der Waals surface area (Å²) in [7, 11) is 0. The Labute approximate surface area is 224 Å². The minimum Gasteiger partial charge on any atom is -0.494 e. The van der Waals surface area contributed by atoms with Crippen molar-refractivity contribution in [2.45, 2.75) is 19.8 Å². The van der Waals surface area contributed by atoms with E-state index in [1.165, 1.54) is 18.3 Å². The van der Waals surface area contributed by atoms with E-state index in [2.05, 4.69) is 22.8 Å². The van der Waals surface area contributed by atoms with Gasteiger partial charge in [-0.25, -0.2) is 10.2 Å². The quantitative estimate of drug-likeness (QED) is 0.113. The molecule has 0 fully saturated rings. The number of halogens is 2. The average molecular weight is 542 g/mol. The lowest BCUT2D eigenvalue weighted by atomic mass is 10.2.